The van der Waals surface area contributed by atoms with E-state index >= 15 is 0 Å². The van der Waals surface area contributed by atoms with Crippen LogP contribution in [0.2, 0.25) is 0 Å². The number of aromatic amines is 1. The number of carbonyl (C=O) groups is 1. The van der Waals surface area contributed by atoms with Gasteiger partial charge in [-0.3, -0.25) is 9.89 Å². The number of anilines is 4. The molecule has 0 atom stereocenters. The van der Waals surface area contributed by atoms with Crippen molar-refractivity contribution in [2.24, 2.45) is 11.7 Å². The van der Waals surface area contributed by atoms with Gasteiger partial charge in [0.25, 0.3) is 0 Å². The minimum atomic E-state index is -3.51. The Bertz CT molecular complexity index is 1290. The van der Waals surface area contributed by atoms with Crippen LogP contribution in [0, 0.1) is 5.92 Å². The van der Waals surface area contributed by atoms with Crippen LogP contribution in [0.15, 0.2) is 29.3 Å². The zero-order valence-corrected chi connectivity index (χ0v) is 19.0. The number of primary amides is 1. The van der Waals surface area contributed by atoms with Gasteiger partial charge in [-0.05, 0) is 49.9 Å². The highest BCUT2D eigenvalue weighted by molar-refractivity contribution is 7.90. The fourth-order valence-corrected chi connectivity index (χ4v) is 4.83. The number of hydrogen-bond donors (Lipinski definition) is 4. The van der Waals surface area contributed by atoms with E-state index < -0.39 is 9.84 Å². The number of sulfone groups is 1. The molecule has 3 aromatic rings. The standard InChI is InChI=1S/C21H26N8O3S/c1-33(31,32)20-16-18(23-13-2-3-13)25-21(26-19(16)27-28-20)24-14-4-6-15(7-5-14)29-10-8-12(9-11-29)17(22)30/h4-7,12-13H,2-3,8-11H2,1H3,(H2,22,30)(H3,23,24,25,26,27,28). The SMILES string of the molecule is CS(=O)(=O)c1[nH]nc2nc(Nc3ccc(N4CCC(C(N)=O)CC4)cc3)nc(NC3CC3)c12. The molecule has 2 aliphatic rings. The van der Waals surface area contributed by atoms with Crippen LogP contribution in [0.25, 0.3) is 11.0 Å². The normalized spacial score (nSPS) is 17.3. The van der Waals surface area contributed by atoms with Gasteiger partial charge in [-0.2, -0.15) is 15.1 Å². The molecular formula is C21H26N8O3S. The van der Waals surface area contributed by atoms with Gasteiger partial charge in [-0.15, -0.1) is 0 Å². The summed E-state index contributed by atoms with van der Waals surface area (Å²) in [6, 6.07) is 8.15. The van der Waals surface area contributed by atoms with E-state index in [2.05, 4.69) is 35.7 Å². The van der Waals surface area contributed by atoms with Gasteiger partial charge in [-0.25, -0.2) is 8.42 Å². The Kier molecular flexibility index (Phi) is 5.31. The maximum absolute atomic E-state index is 12.2. The molecule has 0 spiro atoms. The molecule has 0 unspecified atom stereocenters. The molecule has 5 N–H and O–H groups in total. The van der Waals surface area contributed by atoms with Gasteiger partial charge in [0.2, 0.25) is 11.9 Å². The Morgan fingerprint density at radius 3 is 2.42 bits per heavy atom. The highest BCUT2D eigenvalue weighted by Gasteiger charge is 2.27. The molecule has 1 saturated heterocycles. The maximum Gasteiger partial charge on any atom is 0.231 e. The minimum absolute atomic E-state index is 0.0108. The van der Waals surface area contributed by atoms with E-state index in [9.17, 15) is 13.2 Å². The number of amides is 1. The molecule has 2 aromatic heterocycles. The number of rotatable bonds is 7. The molecule has 11 nitrogen and oxygen atoms in total. The van der Waals surface area contributed by atoms with Crippen molar-refractivity contribution >= 4 is 49.9 Å². The van der Waals surface area contributed by atoms with Crippen LogP contribution in [0.5, 0.6) is 0 Å². The predicted octanol–water partition coefficient (Wildman–Crippen LogP) is 1.78. The second kappa shape index (κ2) is 8.18. The number of fused-ring (bicyclic) bond motifs is 1. The number of benzene rings is 1. The van der Waals surface area contributed by atoms with E-state index in [-0.39, 0.29) is 28.5 Å². The first-order valence-electron chi connectivity index (χ1n) is 10.9. The Labute approximate surface area is 191 Å². The van der Waals surface area contributed by atoms with Crippen LogP contribution in [-0.4, -0.2) is 59.9 Å². The van der Waals surface area contributed by atoms with E-state index in [1.165, 1.54) is 0 Å². The fraction of sp³-hybridized carbons (Fsp3) is 0.429. The first kappa shape index (κ1) is 21.4. The van der Waals surface area contributed by atoms with E-state index in [4.69, 9.17) is 5.73 Å². The molecule has 1 saturated carbocycles. The molecule has 0 bridgehead atoms. The number of piperidine rings is 1. The lowest BCUT2D eigenvalue weighted by atomic mass is 9.96. The smallest absolute Gasteiger partial charge is 0.231 e. The molecule has 0 radical (unpaired) electrons. The Morgan fingerprint density at radius 2 is 1.82 bits per heavy atom. The molecule has 3 heterocycles. The zero-order valence-electron chi connectivity index (χ0n) is 18.2. The van der Waals surface area contributed by atoms with Gasteiger partial charge >= 0.3 is 0 Å². The van der Waals surface area contributed by atoms with Crippen molar-refractivity contribution in [1.82, 2.24) is 20.2 Å². The van der Waals surface area contributed by atoms with Gasteiger partial charge in [-0.1, -0.05) is 0 Å². The van der Waals surface area contributed by atoms with E-state index in [0.29, 0.717) is 17.2 Å². The van der Waals surface area contributed by atoms with Crippen molar-refractivity contribution in [3.05, 3.63) is 24.3 Å². The summed E-state index contributed by atoms with van der Waals surface area (Å²) in [5.74, 6) is 0.514. The number of nitrogens with zero attached hydrogens (tertiary/aromatic N) is 4. The van der Waals surface area contributed by atoms with E-state index in [1.54, 1.807) is 0 Å². The second-order valence-electron chi connectivity index (χ2n) is 8.67. The molecule has 1 aromatic carbocycles. The number of hydrogen-bond acceptors (Lipinski definition) is 9. The largest absolute Gasteiger partial charge is 0.371 e. The summed E-state index contributed by atoms with van der Waals surface area (Å²) in [5.41, 5.74) is 7.57. The third-order valence-electron chi connectivity index (χ3n) is 6.06. The molecule has 2 fully saturated rings. The summed E-state index contributed by atoms with van der Waals surface area (Å²) in [5, 5.41) is 13.6. The molecule has 1 amide bonds. The molecule has 1 aliphatic heterocycles. The third kappa shape index (κ3) is 4.56. The highest BCUT2D eigenvalue weighted by Crippen LogP contribution is 2.32. The van der Waals surface area contributed by atoms with Crippen LogP contribution in [-0.2, 0) is 14.6 Å². The maximum atomic E-state index is 12.2. The van der Waals surface area contributed by atoms with Gasteiger partial charge in [0.05, 0.1) is 0 Å². The van der Waals surface area contributed by atoms with Gasteiger partial charge in [0.15, 0.2) is 20.5 Å². The minimum Gasteiger partial charge on any atom is -0.371 e. The Morgan fingerprint density at radius 1 is 1.12 bits per heavy atom. The monoisotopic (exact) mass is 470 g/mol. The first-order valence-corrected chi connectivity index (χ1v) is 12.8. The summed E-state index contributed by atoms with van der Waals surface area (Å²) in [4.78, 5) is 22.6. The lowest BCUT2D eigenvalue weighted by molar-refractivity contribution is -0.122. The average molecular weight is 471 g/mol. The third-order valence-corrected chi connectivity index (χ3v) is 7.09. The van der Waals surface area contributed by atoms with E-state index in [1.807, 2.05) is 24.3 Å². The molecular weight excluding hydrogens is 444 g/mol. The summed E-state index contributed by atoms with van der Waals surface area (Å²) >= 11 is 0. The van der Waals surface area contributed by atoms with Crippen molar-refractivity contribution in [3.8, 4) is 0 Å². The summed E-state index contributed by atoms with van der Waals surface area (Å²) in [6.07, 6.45) is 4.68. The first-order chi connectivity index (χ1) is 15.8. The number of H-pyrrole nitrogens is 1. The van der Waals surface area contributed by atoms with Crippen LogP contribution >= 0.6 is 0 Å². The van der Waals surface area contributed by atoms with Crippen molar-refractivity contribution < 1.29 is 13.2 Å². The van der Waals surface area contributed by atoms with Crippen molar-refractivity contribution in [1.29, 1.82) is 0 Å². The number of nitrogens with two attached hydrogens (primary N) is 1. The zero-order chi connectivity index (χ0) is 23.2. The number of nitrogens with one attached hydrogen (secondary N) is 3. The summed E-state index contributed by atoms with van der Waals surface area (Å²) < 4.78 is 24.3. The van der Waals surface area contributed by atoms with Gasteiger partial charge in [0, 0.05) is 42.7 Å². The topological polar surface area (TPSA) is 159 Å². The summed E-state index contributed by atoms with van der Waals surface area (Å²) in [6.45, 7) is 1.58. The molecule has 12 heteroatoms. The van der Waals surface area contributed by atoms with Crippen LogP contribution < -0.4 is 21.3 Å². The van der Waals surface area contributed by atoms with Crippen LogP contribution in [0.4, 0.5) is 23.1 Å². The lowest BCUT2D eigenvalue weighted by Gasteiger charge is -2.32. The van der Waals surface area contributed by atoms with Crippen molar-refractivity contribution in [3.63, 3.8) is 0 Å². The van der Waals surface area contributed by atoms with Crippen molar-refractivity contribution in [2.75, 3.05) is 34.9 Å². The van der Waals surface area contributed by atoms with Gasteiger partial charge < -0.3 is 21.3 Å². The quantitative estimate of drug-likeness (QED) is 0.403. The van der Waals surface area contributed by atoms with Gasteiger partial charge in [0.1, 0.15) is 11.2 Å². The van der Waals surface area contributed by atoms with E-state index in [0.717, 1.165) is 56.4 Å². The highest BCUT2D eigenvalue weighted by atomic mass is 32.2. The number of aromatic nitrogens is 4. The fourth-order valence-electron chi connectivity index (χ4n) is 4.06. The van der Waals surface area contributed by atoms with Crippen molar-refractivity contribution in [2.45, 2.75) is 36.8 Å². The predicted molar refractivity (Wildman–Crippen MR) is 125 cm³/mol. The van der Waals surface area contributed by atoms with Crippen LogP contribution in [0.3, 0.4) is 0 Å². The Hall–Kier alpha value is -3.41. The molecule has 5 rings (SSSR count). The van der Waals surface area contributed by atoms with Crippen LogP contribution in [0.1, 0.15) is 25.7 Å². The average Bonchev–Trinajstić information content (AvgIpc) is 3.48. The summed E-state index contributed by atoms with van der Waals surface area (Å²) in [7, 11) is -3.51. The molecule has 33 heavy (non-hydrogen) atoms. The molecule has 174 valence electrons. The second-order valence-corrected chi connectivity index (χ2v) is 10.6. The molecule has 1 aliphatic carbocycles. The lowest BCUT2D eigenvalue weighted by Crippen LogP contribution is -2.38. The Balaban J connectivity index is 1.36. The number of carbonyl (C=O) groups excluding carboxylic acids is 1.